The van der Waals surface area contributed by atoms with Crippen LogP contribution in [0, 0.1) is 45.7 Å². The monoisotopic (exact) mass is 443 g/mol. The zero-order valence-electron chi connectivity index (χ0n) is 19.1. The Labute approximate surface area is 188 Å². The fourth-order valence-corrected chi connectivity index (χ4v) is 8.38. The molecule has 8 atom stereocenters. The average molecular weight is 444 g/mol. The van der Waals surface area contributed by atoms with Crippen LogP contribution in [0.1, 0.15) is 52.9 Å². The van der Waals surface area contributed by atoms with E-state index in [2.05, 4.69) is 12.2 Å². The lowest BCUT2D eigenvalue weighted by Crippen LogP contribution is -2.68. The number of carbonyl (C=O) groups excluding carboxylic acids is 2. The summed E-state index contributed by atoms with van der Waals surface area (Å²) in [6.07, 6.45) is 1.28. The zero-order chi connectivity index (χ0) is 23.1. The second kappa shape index (κ2) is 7.10. The maximum atomic E-state index is 14.0. The first-order chi connectivity index (χ1) is 15.0. The van der Waals surface area contributed by atoms with Crippen LogP contribution < -0.4 is 5.32 Å². The van der Waals surface area contributed by atoms with Gasteiger partial charge in [-0.15, -0.1) is 0 Å². The highest BCUT2D eigenvalue weighted by molar-refractivity contribution is 5.93. The molecule has 3 N–H and O–H groups in total. The van der Waals surface area contributed by atoms with Crippen molar-refractivity contribution in [2.45, 2.75) is 65.1 Å². The maximum absolute atomic E-state index is 14.0. The lowest BCUT2D eigenvalue weighted by Gasteiger charge is -2.64. The van der Waals surface area contributed by atoms with Crippen LogP contribution in [0.15, 0.2) is 24.3 Å². The van der Waals surface area contributed by atoms with E-state index in [-0.39, 0.29) is 40.6 Å². The SMILES string of the molecule is CC1(C)C(=O)CC[C@]2(C)[C@@H]1C[C@@H](O)[C@]13C(=O)C(CNc4ccc(F)cc4)[C@H](CC[C@@H]21)[C@H]3O. The molecule has 0 heterocycles. The van der Waals surface area contributed by atoms with Crippen LogP contribution in [0.3, 0.4) is 0 Å². The number of ketones is 2. The van der Waals surface area contributed by atoms with Crippen LogP contribution in [0.25, 0.3) is 0 Å². The Morgan fingerprint density at radius 3 is 2.44 bits per heavy atom. The highest BCUT2D eigenvalue weighted by atomic mass is 19.1. The summed E-state index contributed by atoms with van der Waals surface area (Å²) >= 11 is 0. The predicted octanol–water partition coefficient (Wildman–Crippen LogP) is 3.59. The smallest absolute Gasteiger partial charge is 0.149 e. The van der Waals surface area contributed by atoms with Gasteiger partial charge in [0.1, 0.15) is 17.4 Å². The number of halogens is 1. The molecule has 4 aliphatic rings. The first-order valence-corrected chi connectivity index (χ1v) is 12.0. The molecule has 174 valence electrons. The third-order valence-electron chi connectivity index (χ3n) is 9.99. The van der Waals surface area contributed by atoms with Gasteiger partial charge in [-0.05, 0) is 73.1 Å². The Kier molecular flexibility index (Phi) is 4.89. The summed E-state index contributed by atoms with van der Waals surface area (Å²) in [5.41, 5.74) is -1.23. The van der Waals surface area contributed by atoms with Crippen LogP contribution in [-0.2, 0) is 9.59 Å². The molecule has 5 rings (SSSR count). The fraction of sp³-hybridized carbons (Fsp3) is 0.692. The summed E-state index contributed by atoms with van der Waals surface area (Å²) in [5, 5.41) is 26.2. The Bertz CT molecular complexity index is 946. The number of benzene rings is 1. The Balaban J connectivity index is 1.48. The van der Waals surface area contributed by atoms with Gasteiger partial charge in [0.15, 0.2) is 0 Å². The molecule has 0 radical (unpaired) electrons. The molecule has 1 spiro atoms. The number of anilines is 1. The Hall–Kier alpha value is -1.79. The molecule has 0 aliphatic heterocycles. The van der Waals surface area contributed by atoms with E-state index >= 15 is 0 Å². The van der Waals surface area contributed by atoms with E-state index in [9.17, 15) is 24.2 Å². The second-order valence-electron chi connectivity index (χ2n) is 11.5. The average Bonchev–Trinajstić information content (AvgIpc) is 2.86. The summed E-state index contributed by atoms with van der Waals surface area (Å²) in [5.74, 6) is -0.846. The lowest BCUT2D eigenvalue weighted by atomic mass is 9.39. The number of Topliss-reactive ketones (excluding diaryl/α,β-unsaturated/α-hetero) is 2. The molecule has 32 heavy (non-hydrogen) atoms. The van der Waals surface area contributed by atoms with Gasteiger partial charge in [-0.2, -0.15) is 0 Å². The summed E-state index contributed by atoms with van der Waals surface area (Å²) in [7, 11) is 0. The number of fused-ring (bicyclic) bond motifs is 3. The van der Waals surface area contributed by atoms with E-state index in [1.165, 1.54) is 12.1 Å². The number of rotatable bonds is 3. The first-order valence-electron chi connectivity index (χ1n) is 12.0. The number of carbonyl (C=O) groups is 2. The summed E-state index contributed by atoms with van der Waals surface area (Å²) in [6, 6.07) is 6.03. The van der Waals surface area contributed by atoms with Crippen molar-refractivity contribution in [3.05, 3.63) is 30.1 Å². The van der Waals surface area contributed by atoms with Crippen molar-refractivity contribution in [2.75, 3.05) is 11.9 Å². The number of aliphatic hydroxyl groups is 2. The molecular weight excluding hydrogens is 409 g/mol. The molecule has 0 aromatic heterocycles. The van der Waals surface area contributed by atoms with E-state index in [1.807, 2.05) is 13.8 Å². The molecule has 6 heteroatoms. The minimum atomic E-state index is -1.15. The summed E-state index contributed by atoms with van der Waals surface area (Å²) in [4.78, 5) is 26.7. The van der Waals surface area contributed by atoms with Crippen LogP contribution in [0.5, 0.6) is 0 Å². The van der Waals surface area contributed by atoms with Crippen molar-refractivity contribution < 1.29 is 24.2 Å². The minimum absolute atomic E-state index is 0.00480. The molecule has 1 aromatic carbocycles. The van der Waals surface area contributed by atoms with E-state index in [0.717, 1.165) is 18.5 Å². The van der Waals surface area contributed by atoms with Crippen LogP contribution in [0.2, 0.25) is 0 Å². The topological polar surface area (TPSA) is 86.6 Å². The summed E-state index contributed by atoms with van der Waals surface area (Å²) in [6.45, 7) is 6.51. The van der Waals surface area contributed by atoms with Crippen LogP contribution >= 0.6 is 0 Å². The number of hydrogen-bond donors (Lipinski definition) is 3. The minimum Gasteiger partial charge on any atom is -0.392 e. The van der Waals surface area contributed by atoms with Crippen molar-refractivity contribution in [2.24, 2.45) is 39.9 Å². The zero-order valence-corrected chi connectivity index (χ0v) is 19.1. The molecule has 2 bridgehead atoms. The Morgan fingerprint density at radius 1 is 1.06 bits per heavy atom. The lowest BCUT2D eigenvalue weighted by molar-refractivity contribution is -0.222. The molecule has 5 nitrogen and oxygen atoms in total. The van der Waals surface area contributed by atoms with Gasteiger partial charge in [0.05, 0.1) is 17.6 Å². The molecular formula is C26H34FNO4. The highest BCUT2D eigenvalue weighted by Gasteiger charge is 2.75. The standard InChI is InChI=1S/C26H34FNO4/c1-24(2)19-12-21(30)26-18(25(19,3)11-10-20(24)29)9-8-16(22(26)31)17(23(26)32)13-28-15-6-4-14(27)5-7-15/h4-7,16-19,21-22,28,30-31H,8-13H2,1-3H3/t16-,17?,18-,19+,21+,22+,25-,26+/m0/s1. The van der Waals surface area contributed by atoms with Gasteiger partial charge < -0.3 is 15.5 Å². The third-order valence-corrected chi connectivity index (χ3v) is 9.99. The molecule has 0 amide bonds. The number of aliphatic hydroxyl groups excluding tert-OH is 2. The van der Waals surface area contributed by atoms with Crippen molar-refractivity contribution in [1.29, 1.82) is 0 Å². The summed E-state index contributed by atoms with van der Waals surface area (Å²) < 4.78 is 13.2. The van der Waals surface area contributed by atoms with Crippen LogP contribution in [-0.4, -0.2) is 40.5 Å². The molecule has 1 aromatic rings. The van der Waals surface area contributed by atoms with E-state index in [0.29, 0.717) is 25.8 Å². The van der Waals surface area contributed by atoms with Gasteiger partial charge in [0.25, 0.3) is 0 Å². The van der Waals surface area contributed by atoms with Gasteiger partial charge in [-0.3, -0.25) is 9.59 Å². The van der Waals surface area contributed by atoms with Gasteiger partial charge in [0, 0.05) is 30.0 Å². The number of hydrogen-bond acceptors (Lipinski definition) is 5. The largest absolute Gasteiger partial charge is 0.392 e. The predicted molar refractivity (Wildman–Crippen MR) is 118 cm³/mol. The van der Waals surface area contributed by atoms with E-state index < -0.39 is 29.0 Å². The molecule has 4 fully saturated rings. The van der Waals surface area contributed by atoms with Gasteiger partial charge in [-0.25, -0.2) is 4.39 Å². The van der Waals surface area contributed by atoms with Crippen molar-refractivity contribution in [3.63, 3.8) is 0 Å². The molecule has 0 saturated heterocycles. The van der Waals surface area contributed by atoms with Crippen molar-refractivity contribution in [3.8, 4) is 0 Å². The molecule has 4 aliphatic carbocycles. The van der Waals surface area contributed by atoms with Crippen molar-refractivity contribution >= 4 is 17.3 Å². The number of nitrogens with one attached hydrogen (secondary N) is 1. The van der Waals surface area contributed by atoms with Gasteiger partial charge >= 0.3 is 0 Å². The first kappa shape index (κ1) is 22.0. The van der Waals surface area contributed by atoms with Gasteiger partial charge in [0.2, 0.25) is 0 Å². The molecule has 4 saturated carbocycles. The van der Waals surface area contributed by atoms with Crippen molar-refractivity contribution in [1.82, 2.24) is 0 Å². The highest BCUT2D eigenvalue weighted by Crippen LogP contribution is 2.70. The molecule has 1 unspecified atom stereocenters. The quantitative estimate of drug-likeness (QED) is 0.665. The van der Waals surface area contributed by atoms with Crippen LogP contribution in [0.4, 0.5) is 10.1 Å². The van der Waals surface area contributed by atoms with E-state index in [1.54, 1.807) is 12.1 Å². The fourth-order valence-electron chi connectivity index (χ4n) is 8.38. The second-order valence-corrected chi connectivity index (χ2v) is 11.5. The van der Waals surface area contributed by atoms with E-state index in [4.69, 9.17) is 0 Å². The van der Waals surface area contributed by atoms with Gasteiger partial charge in [-0.1, -0.05) is 20.8 Å². The maximum Gasteiger partial charge on any atom is 0.149 e. The normalized spacial score (nSPS) is 44.7. The Morgan fingerprint density at radius 2 is 1.75 bits per heavy atom. The third kappa shape index (κ3) is 2.68.